The standard InChI is InChI=1S/C16H22N2O3S/c1-11-5-2-3-7-13(11)14-9-15(14)16(19)18-8-4-6-12(18)10-22(17,20)21/h2-3,5,7,12,14-15H,4,6,8-10H2,1H3,(H2,17,20,21)/t12-,14-,15-/m0/s1. The molecule has 0 spiro atoms. The molecule has 2 aliphatic rings. The highest BCUT2D eigenvalue weighted by Gasteiger charge is 2.48. The van der Waals surface area contributed by atoms with Gasteiger partial charge in [0, 0.05) is 18.5 Å². The number of carbonyl (C=O) groups is 1. The number of primary sulfonamides is 1. The number of nitrogens with zero attached hydrogens (tertiary/aromatic N) is 1. The van der Waals surface area contributed by atoms with Crippen LogP contribution in [0, 0.1) is 12.8 Å². The molecule has 5 nitrogen and oxygen atoms in total. The van der Waals surface area contributed by atoms with Crippen molar-refractivity contribution in [3.05, 3.63) is 35.4 Å². The van der Waals surface area contributed by atoms with Crippen LogP contribution in [0.1, 0.15) is 36.3 Å². The molecular formula is C16H22N2O3S. The predicted octanol–water partition coefficient (Wildman–Crippen LogP) is 1.38. The zero-order valence-corrected chi connectivity index (χ0v) is 13.6. The van der Waals surface area contributed by atoms with Crippen LogP contribution < -0.4 is 5.14 Å². The lowest BCUT2D eigenvalue weighted by Crippen LogP contribution is -2.42. The first-order valence-corrected chi connectivity index (χ1v) is 9.45. The van der Waals surface area contributed by atoms with E-state index in [9.17, 15) is 13.2 Å². The van der Waals surface area contributed by atoms with E-state index in [-0.39, 0.29) is 29.5 Å². The van der Waals surface area contributed by atoms with Gasteiger partial charge in [-0.25, -0.2) is 13.6 Å². The minimum atomic E-state index is -3.55. The molecule has 0 unspecified atom stereocenters. The van der Waals surface area contributed by atoms with Crippen LogP contribution in [0.15, 0.2) is 24.3 Å². The molecule has 0 aromatic heterocycles. The number of hydrogen-bond acceptors (Lipinski definition) is 3. The number of aryl methyl sites for hydroxylation is 1. The van der Waals surface area contributed by atoms with Crippen molar-refractivity contribution in [1.82, 2.24) is 4.90 Å². The summed E-state index contributed by atoms with van der Waals surface area (Å²) in [7, 11) is -3.55. The smallest absolute Gasteiger partial charge is 0.226 e. The Morgan fingerprint density at radius 1 is 1.36 bits per heavy atom. The van der Waals surface area contributed by atoms with E-state index in [2.05, 4.69) is 19.1 Å². The van der Waals surface area contributed by atoms with E-state index >= 15 is 0 Å². The van der Waals surface area contributed by atoms with Crippen LogP contribution in [0.25, 0.3) is 0 Å². The van der Waals surface area contributed by atoms with Crippen molar-refractivity contribution in [2.45, 2.75) is 38.1 Å². The Morgan fingerprint density at radius 2 is 2.09 bits per heavy atom. The van der Waals surface area contributed by atoms with Gasteiger partial charge >= 0.3 is 0 Å². The highest BCUT2D eigenvalue weighted by Crippen LogP contribution is 2.50. The Balaban J connectivity index is 1.69. The molecule has 22 heavy (non-hydrogen) atoms. The van der Waals surface area contributed by atoms with Crippen LogP contribution in [0.3, 0.4) is 0 Å². The number of sulfonamides is 1. The average molecular weight is 322 g/mol. The van der Waals surface area contributed by atoms with Gasteiger partial charge in [-0.1, -0.05) is 24.3 Å². The highest BCUT2D eigenvalue weighted by molar-refractivity contribution is 7.89. The van der Waals surface area contributed by atoms with Crippen molar-refractivity contribution in [2.24, 2.45) is 11.1 Å². The van der Waals surface area contributed by atoms with Crippen LogP contribution >= 0.6 is 0 Å². The Hall–Kier alpha value is -1.40. The lowest BCUT2D eigenvalue weighted by atomic mass is 10.0. The molecule has 1 amide bonds. The molecule has 1 aromatic rings. The first-order valence-electron chi connectivity index (χ1n) is 7.73. The van der Waals surface area contributed by atoms with Crippen molar-refractivity contribution >= 4 is 15.9 Å². The van der Waals surface area contributed by atoms with Crippen molar-refractivity contribution in [3.8, 4) is 0 Å². The van der Waals surface area contributed by atoms with Crippen molar-refractivity contribution < 1.29 is 13.2 Å². The van der Waals surface area contributed by atoms with Crippen LogP contribution in [0.5, 0.6) is 0 Å². The van der Waals surface area contributed by atoms with E-state index in [4.69, 9.17) is 5.14 Å². The summed E-state index contributed by atoms with van der Waals surface area (Å²) in [5.74, 6) is 0.256. The van der Waals surface area contributed by atoms with E-state index in [0.29, 0.717) is 6.54 Å². The molecule has 1 heterocycles. The van der Waals surface area contributed by atoms with E-state index < -0.39 is 10.0 Å². The molecule has 1 aliphatic carbocycles. The SMILES string of the molecule is Cc1ccccc1[C@@H]1C[C@@H]1C(=O)N1CCC[C@H]1CS(N)(=O)=O. The topological polar surface area (TPSA) is 80.5 Å². The van der Waals surface area contributed by atoms with Crippen LogP contribution in [-0.2, 0) is 14.8 Å². The monoisotopic (exact) mass is 322 g/mol. The molecular weight excluding hydrogens is 300 g/mol. The van der Waals surface area contributed by atoms with Crippen LogP contribution in [-0.4, -0.2) is 37.6 Å². The quantitative estimate of drug-likeness (QED) is 0.909. The van der Waals surface area contributed by atoms with Gasteiger partial charge < -0.3 is 4.90 Å². The highest BCUT2D eigenvalue weighted by atomic mass is 32.2. The summed E-state index contributed by atoms with van der Waals surface area (Å²) >= 11 is 0. The normalized spacial score (nSPS) is 27.9. The first kappa shape index (κ1) is 15.5. The Kier molecular flexibility index (Phi) is 3.99. The number of nitrogens with two attached hydrogens (primary N) is 1. The summed E-state index contributed by atoms with van der Waals surface area (Å²) in [5.41, 5.74) is 2.45. The number of hydrogen-bond donors (Lipinski definition) is 1. The Bertz CT molecular complexity index is 686. The zero-order chi connectivity index (χ0) is 15.9. The molecule has 1 saturated carbocycles. The largest absolute Gasteiger partial charge is 0.338 e. The van der Waals surface area contributed by atoms with E-state index in [0.717, 1.165) is 19.3 Å². The lowest BCUT2D eigenvalue weighted by molar-refractivity contribution is -0.133. The minimum Gasteiger partial charge on any atom is -0.338 e. The molecule has 6 heteroatoms. The van der Waals surface area contributed by atoms with Crippen LogP contribution in [0.4, 0.5) is 0 Å². The van der Waals surface area contributed by atoms with Gasteiger partial charge in [-0.3, -0.25) is 4.79 Å². The van der Waals surface area contributed by atoms with Gasteiger partial charge in [0.1, 0.15) is 0 Å². The number of carbonyl (C=O) groups excluding carboxylic acids is 1. The summed E-state index contributed by atoms with van der Waals surface area (Å²) in [6.45, 7) is 2.71. The van der Waals surface area contributed by atoms with Gasteiger partial charge in [0.15, 0.2) is 0 Å². The number of rotatable bonds is 4. The predicted molar refractivity (Wildman–Crippen MR) is 84.7 cm³/mol. The molecule has 0 bridgehead atoms. The first-order chi connectivity index (χ1) is 10.4. The molecule has 1 aliphatic heterocycles. The van der Waals surface area contributed by atoms with Gasteiger partial charge in [0.2, 0.25) is 15.9 Å². The maximum atomic E-state index is 12.7. The van der Waals surface area contributed by atoms with Gasteiger partial charge in [0.05, 0.1) is 5.75 Å². The molecule has 3 rings (SSSR count). The van der Waals surface area contributed by atoms with Gasteiger partial charge in [-0.15, -0.1) is 0 Å². The fraction of sp³-hybridized carbons (Fsp3) is 0.562. The van der Waals surface area contributed by atoms with Crippen molar-refractivity contribution in [2.75, 3.05) is 12.3 Å². The summed E-state index contributed by atoms with van der Waals surface area (Å²) < 4.78 is 22.6. The molecule has 2 fully saturated rings. The molecule has 1 aromatic carbocycles. The number of benzene rings is 1. The number of likely N-dealkylation sites (tertiary alicyclic amines) is 1. The Labute approximate surface area is 131 Å². The fourth-order valence-corrected chi connectivity index (χ4v) is 4.48. The van der Waals surface area contributed by atoms with E-state index in [1.807, 2.05) is 12.1 Å². The van der Waals surface area contributed by atoms with Gasteiger partial charge in [0.25, 0.3) is 0 Å². The third-order valence-electron chi connectivity index (χ3n) is 4.78. The average Bonchev–Trinajstić information content (AvgIpc) is 3.10. The second-order valence-electron chi connectivity index (χ2n) is 6.46. The third kappa shape index (κ3) is 3.17. The summed E-state index contributed by atoms with van der Waals surface area (Å²) in [6, 6.07) is 7.90. The van der Waals surface area contributed by atoms with Crippen LogP contribution in [0.2, 0.25) is 0 Å². The van der Waals surface area contributed by atoms with Crippen molar-refractivity contribution in [3.63, 3.8) is 0 Å². The maximum absolute atomic E-state index is 12.7. The maximum Gasteiger partial charge on any atom is 0.226 e. The Morgan fingerprint density at radius 3 is 2.77 bits per heavy atom. The molecule has 120 valence electrons. The summed E-state index contributed by atoms with van der Waals surface area (Å²) in [5, 5.41) is 5.14. The molecule has 0 radical (unpaired) electrons. The summed E-state index contributed by atoms with van der Waals surface area (Å²) in [4.78, 5) is 14.4. The molecule has 3 atom stereocenters. The van der Waals surface area contributed by atoms with Crippen molar-refractivity contribution in [1.29, 1.82) is 0 Å². The van der Waals surface area contributed by atoms with Gasteiger partial charge in [-0.2, -0.15) is 0 Å². The third-order valence-corrected chi connectivity index (χ3v) is 5.63. The van der Waals surface area contributed by atoms with E-state index in [1.165, 1.54) is 11.1 Å². The number of amides is 1. The van der Waals surface area contributed by atoms with E-state index in [1.54, 1.807) is 4.90 Å². The summed E-state index contributed by atoms with van der Waals surface area (Å²) in [6.07, 6.45) is 2.44. The second kappa shape index (κ2) is 5.66. The van der Waals surface area contributed by atoms with Gasteiger partial charge in [-0.05, 0) is 43.2 Å². The fourth-order valence-electron chi connectivity index (χ4n) is 3.59. The zero-order valence-electron chi connectivity index (χ0n) is 12.7. The molecule has 2 N–H and O–H groups in total. The lowest BCUT2D eigenvalue weighted by Gasteiger charge is -2.24. The second-order valence-corrected chi connectivity index (χ2v) is 8.12. The molecule has 1 saturated heterocycles. The minimum absolute atomic E-state index is 0.00202.